The van der Waals surface area contributed by atoms with Crippen LogP contribution in [0.25, 0.3) is 0 Å². The molecule has 1 heterocycles. The van der Waals surface area contributed by atoms with Gasteiger partial charge in [-0.25, -0.2) is 4.98 Å². The fraction of sp³-hybridized carbons (Fsp3) is 0.467. The van der Waals surface area contributed by atoms with Gasteiger partial charge < -0.3 is 4.90 Å². The summed E-state index contributed by atoms with van der Waals surface area (Å²) < 4.78 is 15.9. The summed E-state index contributed by atoms with van der Waals surface area (Å²) in [6.07, 6.45) is 4.15. The maximum absolute atomic E-state index is 11.4. The molecule has 0 aliphatic heterocycles. The molecule has 1 aliphatic carbocycles. The summed E-state index contributed by atoms with van der Waals surface area (Å²) in [7, 11) is 1.12. The van der Waals surface area contributed by atoms with E-state index < -0.39 is 10.8 Å². The highest BCUT2D eigenvalue weighted by Gasteiger charge is 2.28. The lowest BCUT2D eigenvalue weighted by Crippen LogP contribution is -2.21. The highest BCUT2D eigenvalue weighted by molar-refractivity contribution is 7.84. The lowest BCUT2D eigenvalue weighted by molar-refractivity contribution is 0.686. The molecule has 0 saturated heterocycles. The van der Waals surface area contributed by atoms with E-state index in [1.165, 1.54) is 29.9 Å². The van der Waals surface area contributed by atoms with Crippen LogP contribution in [-0.2, 0) is 10.8 Å². The molecule has 2 aromatic rings. The summed E-state index contributed by atoms with van der Waals surface area (Å²) in [6.45, 7) is 2.15. The Balaban J connectivity index is 1.75. The number of anilines is 1. The minimum atomic E-state index is -0.926. The van der Waals surface area contributed by atoms with Gasteiger partial charge in [0, 0.05) is 46.4 Å². The van der Waals surface area contributed by atoms with Crippen molar-refractivity contribution in [3.05, 3.63) is 35.7 Å². The largest absolute Gasteiger partial charge is 0.343 e. The van der Waals surface area contributed by atoms with Gasteiger partial charge >= 0.3 is 0 Å². The normalized spacial score (nSPS) is 17.5. The minimum absolute atomic E-state index is 0.212. The van der Waals surface area contributed by atoms with Crippen molar-refractivity contribution >= 4 is 27.5 Å². The van der Waals surface area contributed by atoms with Gasteiger partial charge in [-0.15, -0.1) is 0 Å². The van der Waals surface area contributed by atoms with Crippen molar-refractivity contribution in [1.82, 2.24) is 9.36 Å². The molecular formula is C15H19N3OS2. The third kappa shape index (κ3) is 3.16. The van der Waals surface area contributed by atoms with Crippen molar-refractivity contribution in [2.45, 2.75) is 36.6 Å². The van der Waals surface area contributed by atoms with Crippen molar-refractivity contribution in [2.24, 2.45) is 0 Å². The van der Waals surface area contributed by atoms with Gasteiger partial charge in [0.15, 0.2) is 0 Å². The van der Waals surface area contributed by atoms with E-state index in [2.05, 4.69) is 21.2 Å². The molecule has 0 spiro atoms. The quantitative estimate of drug-likeness (QED) is 0.847. The third-order valence-electron chi connectivity index (χ3n) is 3.95. The van der Waals surface area contributed by atoms with Crippen LogP contribution in [0.4, 0.5) is 5.13 Å². The third-order valence-corrected chi connectivity index (χ3v) is 5.71. The molecule has 0 amide bonds. The van der Waals surface area contributed by atoms with E-state index >= 15 is 0 Å². The van der Waals surface area contributed by atoms with Crippen molar-refractivity contribution in [1.29, 1.82) is 0 Å². The van der Waals surface area contributed by atoms with Crippen molar-refractivity contribution in [3.63, 3.8) is 0 Å². The summed E-state index contributed by atoms with van der Waals surface area (Å²) in [5.41, 5.74) is 1.19. The van der Waals surface area contributed by atoms with E-state index in [0.717, 1.165) is 15.9 Å². The Hall–Kier alpha value is -1.27. The molecule has 112 valence electrons. The van der Waals surface area contributed by atoms with Gasteiger partial charge in [-0.2, -0.15) is 4.37 Å². The van der Waals surface area contributed by atoms with Crippen LogP contribution >= 0.6 is 11.5 Å². The van der Waals surface area contributed by atoms with Crippen LogP contribution < -0.4 is 4.90 Å². The molecule has 2 atom stereocenters. The monoisotopic (exact) mass is 321 g/mol. The topological polar surface area (TPSA) is 46.1 Å². The highest BCUT2D eigenvalue weighted by Crippen LogP contribution is 2.40. The van der Waals surface area contributed by atoms with E-state index in [1.807, 2.05) is 31.3 Å². The summed E-state index contributed by atoms with van der Waals surface area (Å²) in [6, 6.07) is 8.17. The predicted molar refractivity (Wildman–Crippen MR) is 87.5 cm³/mol. The van der Waals surface area contributed by atoms with Gasteiger partial charge in [0.1, 0.15) is 5.82 Å². The Morgan fingerprint density at radius 3 is 2.57 bits per heavy atom. The summed E-state index contributed by atoms with van der Waals surface area (Å²) in [5, 5.41) is 0.965. The second-order valence-corrected chi connectivity index (χ2v) is 7.63. The summed E-state index contributed by atoms with van der Waals surface area (Å²) in [5.74, 6) is 1.60. The second-order valence-electron chi connectivity index (χ2n) is 5.52. The van der Waals surface area contributed by atoms with Crippen molar-refractivity contribution in [2.75, 3.05) is 18.2 Å². The fourth-order valence-electron chi connectivity index (χ4n) is 2.20. The van der Waals surface area contributed by atoms with Gasteiger partial charge in [0.25, 0.3) is 0 Å². The molecular weight excluding hydrogens is 302 g/mol. The Morgan fingerprint density at radius 2 is 2.00 bits per heavy atom. The first-order valence-corrected chi connectivity index (χ1v) is 9.39. The van der Waals surface area contributed by atoms with Crippen LogP contribution in [0.15, 0.2) is 29.2 Å². The average molecular weight is 321 g/mol. The van der Waals surface area contributed by atoms with E-state index in [0.29, 0.717) is 5.92 Å². The first-order chi connectivity index (χ1) is 10.1. The highest BCUT2D eigenvalue weighted by atomic mass is 32.2. The van der Waals surface area contributed by atoms with Crippen molar-refractivity contribution < 1.29 is 4.21 Å². The molecule has 1 aromatic carbocycles. The molecule has 1 saturated carbocycles. The molecule has 1 aliphatic rings. The molecule has 2 unspecified atom stereocenters. The maximum Gasteiger partial charge on any atom is 0.205 e. The molecule has 1 fully saturated rings. The van der Waals surface area contributed by atoms with Crippen LogP contribution in [0.1, 0.15) is 43.1 Å². The molecule has 21 heavy (non-hydrogen) atoms. The molecule has 0 radical (unpaired) electrons. The first kappa shape index (κ1) is 14.7. The smallest absolute Gasteiger partial charge is 0.205 e. The molecule has 1 aromatic heterocycles. The number of nitrogens with zero attached hydrogens (tertiary/aromatic N) is 3. The molecule has 4 nitrogen and oxygen atoms in total. The van der Waals surface area contributed by atoms with Crippen LogP contribution in [0, 0.1) is 0 Å². The molecule has 0 N–H and O–H groups in total. The summed E-state index contributed by atoms with van der Waals surface area (Å²) in [4.78, 5) is 7.67. The van der Waals surface area contributed by atoms with Gasteiger partial charge in [-0.05, 0) is 37.5 Å². The second kappa shape index (κ2) is 5.85. The van der Waals surface area contributed by atoms with E-state index in [4.69, 9.17) is 0 Å². The zero-order chi connectivity index (χ0) is 15.0. The van der Waals surface area contributed by atoms with Gasteiger partial charge in [-0.1, -0.05) is 12.1 Å². The van der Waals surface area contributed by atoms with Crippen LogP contribution in [-0.4, -0.2) is 26.9 Å². The number of hydrogen-bond donors (Lipinski definition) is 0. The molecule has 6 heteroatoms. The van der Waals surface area contributed by atoms with Crippen LogP contribution in [0.3, 0.4) is 0 Å². The van der Waals surface area contributed by atoms with Crippen LogP contribution in [0.5, 0.6) is 0 Å². The summed E-state index contributed by atoms with van der Waals surface area (Å²) >= 11 is 1.47. The Labute approximate surface area is 131 Å². The van der Waals surface area contributed by atoms with Gasteiger partial charge in [-0.3, -0.25) is 4.21 Å². The Kier molecular flexibility index (Phi) is 4.08. The first-order valence-electron chi connectivity index (χ1n) is 7.06. The fourth-order valence-corrected chi connectivity index (χ4v) is 3.51. The lowest BCUT2D eigenvalue weighted by atomic mass is 10.1. The Morgan fingerprint density at radius 1 is 1.33 bits per heavy atom. The predicted octanol–water partition coefficient (Wildman–Crippen LogP) is 3.35. The van der Waals surface area contributed by atoms with Crippen molar-refractivity contribution in [3.8, 4) is 0 Å². The van der Waals surface area contributed by atoms with Crippen LogP contribution in [0.2, 0.25) is 0 Å². The molecule has 3 rings (SSSR count). The lowest BCUT2D eigenvalue weighted by Gasteiger charge is -2.24. The van der Waals surface area contributed by atoms with E-state index in [9.17, 15) is 4.21 Å². The number of aromatic nitrogens is 2. The van der Waals surface area contributed by atoms with Gasteiger partial charge in [0.2, 0.25) is 5.13 Å². The number of hydrogen-bond acceptors (Lipinski definition) is 5. The standard InChI is InChI=1S/C15H19N3OS2/c1-10(11-6-8-13(9-7-11)21(3)19)18(2)15-16-14(17-20-15)12-4-5-12/h6-10,12H,4-5H2,1-3H3. The maximum atomic E-state index is 11.4. The zero-order valence-corrected chi connectivity index (χ0v) is 14.1. The SMILES string of the molecule is CC(c1ccc(S(C)=O)cc1)N(C)c1nc(C2CC2)ns1. The molecule has 0 bridgehead atoms. The van der Waals surface area contributed by atoms with E-state index in [1.54, 1.807) is 6.26 Å². The average Bonchev–Trinajstić information content (AvgIpc) is 3.23. The Bertz CT molecular complexity index is 649. The zero-order valence-electron chi connectivity index (χ0n) is 12.4. The number of benzene rings is 1. The number of rotatable bonds is 5. The minimum Gasteiger partial charge on any atom is -0.343 e. The van der Waals surface area contributed by atoms with E-state index in [-0.39, 0.29) is 6.04 Å². The van der Waals surface area contributed by atoms with Gasteiger partial charge in [0.05, 0.1) is 6.04 Å².